The van der Waals surface area contributed by atoms with Crippen molar-refractivity contribution in [2.75, 3.05) is 0 Å². The third-order valence-corrected chi connectivity index (χ3v) is 3.79. The SMILES string of the molecule is S=C=Nc1ccc(-c2nnc(SCc3ccncc3)o2)cc1. The van der Waals surface area contributed by atoms with Crippen LogP contribution in [0.5, 0.6) is 0 Å². The van der Waals surface area contributed by atoms with E-state index in [1.807, 2.05) is 36.4 Å². The number of pyridine rings is 1. The Morgan fingerprint density at radius 3 is 2.59 bits per heavy atom. The zero-order valence-electron chi connectivity index (χ0n) is 11.3. The minimum Gasteiger partial charge on any atom is -0.411 e. The molecule has 0 amide bonds. The number of nitrogens with zero attached hydrogens (tertiary/aromatic N) is 4. The summed E-state index contributed by atoms with van der Waals surface area (Å²) >= 11 is 6.06. The highest BCUT2D eigenvalue weighted by Gasteiger charge is 2.09. The first-order valence-corrected chi connectivity index (χ1v) is 7.78. The van der Waals surface area contributed by atoms with E-state index in [0.29, 0.717) is 11.1 Å². The predicted octanol–water partition coefficient (Wildman–Crippen LogP) is 4.16. The Bertz CT molecular complexity index is 796. The zero-order chi connectivity index (χ0) is 15.2. The molecule has 3 rings (SSSR count). The highest BCUT2D eigenvalue weighted by molar-refractivity contribution is 7.98. The Kier molecular flexibility index (Phi) is 4.70. The molecule has 0 unspecified atom stereocenters. The smallest absolute Gasteiger partial charge is 0.277 e. The lowest BCUT2D eigenvalue weighted by molar-refractivity contribution is 0.466. The van der Waals surface area contributed by atoms with Crippen molar-refractivity contribution in [3.8, 4) is 11.5 Å². The summed E-state index contributed by atoms with van der Waals surface area (Å²) in [4.78, 5) is 7.88. The van der Waals surface area contributed by atoms with Gasteiger partial charge in [-0.05, 0) is 54.2 Å². The van der Waals surface area contributed by atoms with Gasteiger partial charge in [-0.2, -0.15) is 4.99 Å². The van der Waals surface area contributed by atoms with Gasteiger partial charge in [0.05, 0.1) is 10.8 Å². The molecule has 0 aliphatic rings. The molecule has 0 saturated carbocycles. The van der Waals surface area contributed by atoms with Crippen molar-refractivity contribution in [3.05, 3.63) is 54.4 Å². The summed E-state index contributed by atoms with van der Waals surface area (Å²) in [5.41, 5.74) is 2.74. The van der Waals surface area contributed by atoms with Crippen LogP contribution in [0.3, 0.4) is 0 Å². The van der Waals surface area contributed by atoms with Crippen molar-refractivity contribution in [2.24, 2.45) is 4.99 Å². The van der Waals surface area contributed by atoms with E-state index in [-0.39, 0.29) is 0 Å². The number of thioether (sulfide) groups is 1. The molecule has 0 radical (unpaired) electrons. The highest BCUT2D eigenvalue weighted by Crippen LogP contribution is 2.26. The van der Waals surface area contributed by atoms with Gasteiger partial charge in [-0.1, -0.05) is 11.8 Å². The minimum atomic E-state index is 0.482. The molecule has 108 valence electrons. The van der Waals surface area contributed by atoms with Crippen LogP contribution in [0.25, 0.3) is 11.5 Å². The lowest BCUT2D eigenvalue weighted by Gasteiger charge is -1.97. The van der Waals surface area contributed by atoms with Crippen LogP contribution in [0.2, 0.25) is 0 Å². The quantitative estimate of drug-likeness (QED) is 0.398. The molecule has 0 atom stereocenters. The first-order valence-electron chi connectivity index (χ1n) is 6.38. The maximum atomic E-state index is 5.65. The molecule has 0 aliphatic heterocycles. The second-order valence-corrected chi connectivity index (χ2v) is 5.38. The largest absolute Gasteiger partial charge is 0.411 e. The van der Waals surface area contributed by atoms with Gasteiger partial charge in [0.25, 0.3) is 5.22 Å². The van der Waals surface area contributed by atoms with Crippen molar-refractivity contribution in [1.29, 1.82) is 0 Å². The number of rotatable bonds is 5. The van der Waals surface area contributed by atoms with Gasteiger partial charge >= 0.3 is 0 Å². The van der Waals surface area contributed by atoms with Crippen molar-refractivity contribution < 1.29 is 4.42 Å². The molecular formula is C15H10N4OS2. The maximum Gasteiger partial charge on any atom is 0.277 e. The van der Waals surface area contributed by atoms with E-state index in [1.165, 1.54) is 11.8 Å². The summed E-state index contributed by atoms with van der Waals surface area (Å²) in [5.74, 6) is 1.24. The van der Waals surface area contributed by atoms with Crippen LogP contribution in [-0.4, -0.2) is 20.3 Å². The molecule has 0 saturated heterocycles. The third kappa shape index (κ3) is 3.65. The average Bonchev–Trinajstić information content (AvgIpc) is 3.04. The summed E-state index contributed by atoms with van der Waals surface area (Å²) in [6, 6.07) is 11.3. The van der Waals surface area contributed by atoms with Crippen molar-refractivity contribution >= 4 is 34.8 Å². The van der Waals surface area contributed by atoms with E-state index in [2.05, 4.69) is 37.6 Å². The fourth-order valence-electron chi connectivity index (χ4n) is 1.74. The number of hydrogen-bond acceptors (Lipinski definition) is 7. The van der Waals surface area contributed by atoms with Crippen LogP contribution in [0.4, 0.5) is 5.69 Å². The van der Waals surface area contributed by atoms with Crippen LogP contribution in [0, 0.1) is 0 Å². The first-order chi connectivity index (χ1) is 10.8. The fraction of sp³-hybridized carbons (Fsp3) is 0.0667. The second kappa shape index (κ2) is 7.09. The Balaban J connectivity index is 1.69. The maximum absolute atomic E-state index is 5.65. The van der Waals surface area contributed by atoms with Gasteiger partial charge < -0.3 is 4.42 Å². The van der Waals surface area contributed by atoms with E-state index < -0.39 is 0 Å². The lowest BCUT2D eigenvalue weighted by Crippen LogP contribution is -1.80. The number of isothiocyanates is 1. The molecule has 2 heterocycles. The van der Waals surface area contributed by atoms with Gasteiger partial charge in [0.1, 0.15) is 0 Å². The van der Waals surface area contributed by atoms with Crippen LogP contribution in [-0.2, 0) is 5.75 Å². The van der Waals surface area contributed by atoms with E-state index in [4.69, 9.17) is 4.42 Å². The zero-order valence-corrected chi connectivity index (χ0v) is 13.0. The number of hydrogen-bond donors (Lipinski definition) is 0. The van der Waals surface area contributed by atoms with Crippen molar-refractivity contribution in [3.63, 3.8) is 0 Å². The average molecular weight is 326 g/mol. The third-order valence-electron chi connectivity index (χ3n) is 2.81. The van der Waals surface area contributed by atoms with Gasteiger partial charge in [-0.3, -0.25) is 4.98 Å². The summed E-state index contributed by atoms with van der Waals surface area (Å²) in [5, 5.41) is 11.0. The number of thiocarbonyl (C=S) groups is 1. The van der Waals surface area contributed by atoms with Gasteiger partial charge in [0.15, 0.2) is 0 Å². The first kappa shape index (κ1) is 14.6. The van der Waals surface area contributed by atoms with Gasteiger partial charge in [-0.25, -0.2) is 0 Å². The Hall–Kier alpha value is -2.34. The van der Waals surface area contributed by atoms with Crippen molar-refractivity contribution in [1.82, 2.24) is 15.2 Å². The molecule has 1 aromatic carbocycles. The topological polar surface area (TPSA) is 64.2 Å². The predicted molar refractivity (Wildman–Crippen MR) is 88.2 cm³/mol. The highest BCUT2D eigenvalue weighted by atomic mass is 32.2. The lowest BCUT2D eigenvalue weighted by atomic mass is 10.2. The molecule has 22 heavy (non-hydrogen) atoms. The van der Waals surface area contributed by atoms with Crippen LogP contribution in [0.15, 0.2) is 63.4 Å². The summed E-state index contributed by atoms with van der Waals surface area (Å²) in [7, 11) is 0. The fourth-order valence-corrected chi connectivity index (χ4v) is 2.56. The summed E-state index contributed by atoms with van der Waals surface area (Å²) < 4.78 is 5.65. The summed E-state index contributed by atoms with van der Waals surface area (Å²) in [6.07, 6.45) is 3.53. The van der Waals surface area contributed by atoms with Crippen LogP contribution in [0.1, 0.15) is 5.56 Å². The Morgan fingerprint density at radius 1 is 1.09 bits per heavy atom. The molecule has 0 fully saturated rings. The molecule has 0 bridgehead atoms. The molecular weight excluding hydrogens is 316 g/mol. The number of benzene rings is 1. The molecule has 2 aromatic heterocycles. The number of aliphatic imine (C=N–C) groups is 1. The molecule has 7 heteroatoms. The number of aromatic nitrogens is 3. The van der Waals surface area contributed by atoms with Gasteiger partial charge in [-0.15, -0.1) is 10.2 Å². The monoisotopic (exact) mass is 326 g/mol. The Labute approximate surface area is 136 Å². The standard InChI is InChI=1S/C15H10N4OS2/c21-10-17-13-3-1-12(2-4-13)14-18-19-15(20-14)22-9-11-5-7-16-8-6-11/h1-8H,9H2. The molecule has 5 nitrogen and oxygen atoms in total. The summed E-state index contributed by atoms with van der Waals surface area (Å²) in [6.45, 7) is 0. The van der Waals surface area contributed by atoms with E-state index in [1.54, 1.807) is 12.4 Å². The molecule has 0 spiro atoms. The van der Waals surface area contributed by atoms with Crippen molar-refractivity contribution in [2.45, 2.75) is 11.0 Å². The Morgan fingerprint density at radius 2 is 1.86 bits per heavy atom. The van der Waals surface area contributed by atoms with Crippen LogP contribution < -0.4 is 0 Å². The van der Waals surface area contributed by atoms with Gasteiger partial charge in [0, 0.05) is 23.7 Å². The second-order valence-electron chi connectivity index (χ2n) is 4.27. The normalized spacial score (nSPS) is 10.2. The van der Waals surface area contributed by atoms with E-state index in [0.717, 1.165) is 22.6 Å². The van der Waals surface area contributed by atoms with Crippen LogP contribution >= 0.6 is 24.0 Å². The van der Waals surface area contributed by atoms with E-state index in [9.17, 15) is 0 Å². The molecule has 3 aromatic rings. The van der Waals surface area contributed by atoms with E-state index >= 15 is 0 Å². The minimum absolute atomic E-state index is 0.482. The molecule has 0 N–H and O–H groups in total. The molecule has 0 aliphatic carbocycles. The van der Waals surface area contributed by atoms with Gasteiger partial charge in [0.2, 0.25) is 5.89 Å².